The van der Waals surface area contributed by atoms with Gasteiger partial charge in [-0.3, -0.25) is 9.78 Å². The van der Waals surface area contributed by atoms with E-state index in [4.69, 9.17) is 14.2 Å². The van der Waals surface area contributed by atoms with Crippen LogP contribution in [0.4, 0.5) is 5.69 Å². The Morgan fingerprint density at radius 3 is 2.44 bits per heavy atom. The summed E-state index contributed by atoms with van der Waals surface area (Å²) in [6.45, 7) is 0. The molecule has 3 rings (SSSR count). The third-order valence-corrected chi connectivity index (χ3v) is 4.04. The lowest BCUT2D eigenvalue weighted by atomic mass is 10.1. The molecule has 0 aliphatic carbocycles. The molecule has 6 heteroatoms. The zero-order valence-electron chi connectivity index (χ0n) is 15.4. The number of methoxy groups -OCH3 is 3. The molecular weight excluding hydrogens is 344 g/mol. The molecule has 1 heterocycles. The van der Waals surface area contributed by atoms with Gasteiger partial charge >= 0.3 is 0 Å². The zero-order chi connectivity index (χ0) is 19.2. The van der Waals surface area contributed by atoms with E-state index < -0.39 is 0 Å². The topological polar surface area (TPSA) is 69.7 Å². The highest BCUT2D eigenvalue weighted by molar-refractivity contribution is 6.05. The number of benzene rings is 2. The first kappa shape index (κ1) is 18.3. The number of anilines is 1. The quantitative estimate of drug-likeness (QED) is 0.715. The van der Waals surface area contributed by atoms with Crippen molar-refractivity contribution in [3.63, 3.8) is 0 Å². The predicted octanol–water partition coefficient (Wildman–Crippen LogP) is 4.03. The van der Waals surface area contributed by atoms with E-state index in [1.807, 2.05) is 18.2 Å². The van der Waals surface area contributed by atoms with Crippen LogP contribution < -0.4 is 19.5 Å². The summed E-state index contributed by atoms with van der Waals surface area (Å²) in [7, 11) is 4.72. The van der Waals surface area contributed by atoms with Gasteiger partial charge in [0.05, 0.1) is 21.3 Å². The van der Waals surface area contributed by atoms with Crippen molar-refractivity contribution in [2.45, 2.75) is 0 Å². The first-order chi connectivity index (χ1) is 13.2. The van der Waals surface area contributed by atoms with Gasteiger partial charge < -0.3 is 19.5 Å². The molecule has 0 fully saturated rings. The third kappa shape index (κ3) is 4.00. The van der Waals surface area contributed by atoms with Crippen LogP contribution in [0.2, 0.25) is 0 Å². The van der Waals surface area contributed by atoms with Crippen molar-refractivity contribution >= 4 is 11.6 Å². The molecule has 0 saturated carbocycles. The van der Waals surface area contributed by atoms with Crippen LogP contribution in [0.15, 0.2) is 60.8 Å². The van der Waals surface area contributed by atoms with E-state index in [1.54, 1.807) is 63.9 Å². The van der Waals surface area contributed by atoms with Crippen LogP contribution in [0.3, 0.4) is 0 Å². The Bertz CT molecular complexity index is 956. The summed E-state index contributed by atoms with van der Waals surface area (Å²) in [5.41, 5.74) is 2.51. The number of carbonyl (C=O) groups excluding carboxylic acids is 1. The molecule has 0 radical (unpaired) electrons. The molecule has 27 heavy (non-hydrogen) atoms. The van der Waals surface area contributed by atoms with Gasteiger partial charge in [0.15, 0.2) is 0 Å². The summed E-state index contributed by atoms with van der Waals surface area (Å²) in [5, 5.41) is 2.85. The van der Waals surface area contributed by atoms with E-state index >= 15 is 0 Å². The molecule has 138 valence electrons. The molecule has 0 atom stereocenters. The molecule has 0 unspecified atom stereocenters. The van der Waals surface area contributed by atoms with Gasteiger partial charge in [0.25, 0.3) is 5.91 Å². The third-order valence-electron chi connectivity index (χ3n) is 4.04. The van der Waals surface area contributed by atoms with E-state index in [9.17, 15) is 4.79 Å². The molecule has 1 N–H and O–H groups in total. The Kier molecular flexibility index (Phi) is 5.56. The lowest BCUT2D eigenvalue weighted by Gasteiger charge is -2.13. The van der Waals surface area contributed by atoms with Crippen molar-refractivity contribution in [3.05, 3.63) is 66.4 Å². The molecule has 0 saturated heterocycles. The van der Waals surface area contributed by atoms with Gasteiger partial charge in [-0.1, -0.05) is 6.07 Å². The van der Waals surface area contributed by atoms with Gasteiger partial charge in [-0.15, -0.1) is 0 Å². The maximum Gasteiger partial charge on any atom is 0.255 e. The summed E-state index contributed by atoms with van der Waals surface area (Å²) in [4.78, 5) is 17.0. The van der Waals surface area contributed by atoms with Crippen molar-refractivity contribution in [1.29, 1.82) is 0 Å². The number of aromatic nitrogens is 1. The summed E-state index contributed by atoms with van der Waals surface area (Å²) in [5.74, 6) is 1.58. The van der Waals surface area contributed by atoms with Gasteiger partial charge in [0.1, 0.15) is 22.9 Å². The normalized spacial score (nSPS) is 10.2. The number of nitrogens with one attached hydrogen (secondary N) is 1. The van der Waals surface area contributed by atoms with Crippen LogP contribution in [0.5, 0.6) is 17.2 Å². The van der Waals surface area contributed by atoms with Crippen molar-refractivity contribution in [1.82, 2.24) is 4.98 Å². The minimum absolute atomic E-state index is 0.249. The van der Waals surface area contributed by atoms with E-state index in [2.05, 4.69) is 10.3 Å². The average molecular weight is 364 g/mol. The van der Waals surface area contributed by atoms with Crippen molar-refractivity contribution in [3.8, 4) is 28.5 Å². The number of pyridine rings is 1. The maximum atomic E-state index is 12.6. The number of rotatable bonds is 6. The second-order valence-corrected chi connectivity index (χ2v) is 5.66. The first-order valence-corrected chi connectivity index (χ1v) is 8.29. The summed E-state index contributed by atoms with van der Waals surface area (Å²) >= 11 is 0. The lowest BCUT2D eigenvalue weighted by molar-refractivity contribution is 0.102. The van der Waals surface area contributed by atoms with E-state index in [-0.39, 0.29) is 5.91 Å². The molecular formula is C21H20N2O4. The Morgan fingerprint density at radius 2 is 1.70 bits per heavy atom. The Balaban J connectivity index is 1.90. The largest absolute Gasteiger partial charge is 0.497 e. The predicted molar refractivity (Wildman–Crippen MR) is 104 cm³/mol. The van der Waals surface area contributed by atoms with Crippen LogP contribution in [-0.4, -0.2) is 32.2 Å². The summed E-state index contributed by atoms with van der Waals surface area (Å²) in [6.07, 6.45) is 1.68. The summed E-state index contributed by atoms with van der Waals surface area (Å²) in [6, 6.07) is 16.0. The van der Waals surface area contributed by atoms with Crippen LogP contribution in [0.25, 0.3) is 11.3 Å². The number of amides is 1. The molecule has 0 spiro atoms. The Labute approximate surface area is 157 Å². The number of hydrogen-bond acceptors (Lipinski definition) is 5. The molecule has 6 nitrogen and oxygen atoms in total. The molecule has 0 aliphatic heterocycles. The molecule has 2 aromatic carbocycles. The van der Waals surface area contributed by atoms with Gasteiger partial charge in [-0.25, -0.2) is 0 Å². The average Bonchev–Trinajstić information content (AvgIpc) is 2.73. The molecule has 3 aromatic rings. The SMILES string of the molecule is COc1cccc(NC(=O)c2ccc(-c3ncccc3OC)c(OC)c2)c1. The molecule has 0 aliphatic rings. The lowest BCUT2D eigenvalue weighted by Crippen LogP contribution is -2.12. The number of ether oxygens (including phenoxy) is 3. The van der Waals surface area contributed by atoms with Gasteiger partial charge in [0.2, 0.25) is 0 Å². The van der Waals surface area contributed by atoms with E-state index in [0.717, 1.165) is 5.56 Å². The van der Waals surface area contributed by atoms with E-state index in [1.165, 1.54) is 0 Å². The second-order valence-electron chi connectivity index (χ2n) is 5.66. The van der Waals surface area contributed by atoms with Gasteiger partial charge in [0, 0.05) is 29.1 Å². The highest BCUT2D eigenvalue weighted by atomic mass is 16.5. The molecule has 1 aromatic heterocycles. The van der Waals surface area contributed by atoms with Crippen molar-refractivity contribution < 1.29 is 19.0 Å². The highest BCUT2D eigenvalue weighted by Gasteiger charge is 2.15. The fourth-order valence-corrected chi connectivity index (χ4v) is 2.69. The van der Waals surface area contributed by atoms with Crippen molar-refractivity contribution in [2.24, 2.45) is 0 Å². The van der Waals surface area contributed by atoms with Crippen molar-refractivity contribution in [2.75, 3.05) is 26.6 Å². The fourth-order valence-electron chi connectivity index (χ4n) is 2.69. The Hall–Kier alpha value is -3.54. The van der Waals surface area contributed by atoms with Gasteiger partial charge in [-0.2, -0.15) is 0 Å². The van der Waals surface area contributed by atoms with E-state index in [0.29, 0.717) is 34.2 Å². The molecule has 0 bridgehead atoms. The number of nitrogens with zero attached hydrogens (tertiary/aromatic N) is 1. The van der Waals surface area contributed by atoms with Crippen LogP contribution in [0.1, 0.15) is 10.4 Å². The Morgan fingerprint density at radius 1 is 0.889 bits per heavy atom. The van der Waals surface area contributed by atoms with Crippen LogP contribution >= 0.6 is 0 Å². The first-order valence-electron chi connectivity index (χ1n) is 8.29. The summed E-state index contributed by atoms with van der Waals surface area (Å²) < 4.78 is 16.0. The standard InChI is InChI=1S/C21H20N2O4/c1-25-16-7-4-6-15(13-16)23-21(24)14-9-10-17(19(12-14)27-3)20-18(26-2)8-5-11-22-20/h4-13H,1-3H3,(H,23,24). The minimum Gasteiger partial charge on any atom is -0.497 e. The van der Waals surface area contributed by atoms with Crippen LogP contribution in [-0.2, 0) is 0 Å². The minimum atomic E-state index is -0.249. The van der Waals surface area contributed by atoms with Crippen LogP contribution in [0, 0.1) is 0 Å². The number of carbonyl (C=O) groups is 1. The van der Waals surface area contributed by atoms with Gasteiger partial charge in [-0.05, 0) is 42.5 Å². The maximum absolute atomic E-state index is 12.6. The highest BCUT2D eigenvalue weighted by Crippen LogP contribution is 2.35. The zero-order valence-corrected chi connectivity index (χ0v) is 15.4. The number of hydrogen-bond donors (Lipinski definition) is 1. The monoisotopic (exact) mass is 364 g/mol. The smallest absolute Gasteiger partial charge is 0.255 e. The molecule has 1 amide bonds. The second kappa shape index (κ2) is 8.23. The fraction of sp³-hybridized carbons (Fsp3) is 0.143.